The largest absolute Gasteiger partial charge is 0.458 e. The molecule has 4 N–H and O–H groups in total. The van der Waals surface area contributed by atoms with Gasteiger partial charge in [0.1, 0.15) is 11.1 Å². The zero-order valence-corrected chi connectivity index (χ0v) is 14.1. The molecule has 2 bridgehead atoms. The van der Waals surface area contributed by atoms with Crippen molar-refractivity contribution in [1.82, 2.24) is 0 Å². The van der Waals surface area contributed by atoms with Gasteiger partial charge in [-0.15, -0.1) is 0 Å². The molecule has 0 amide bonds. The Balaban J connectivity index is 2.12. The number of nitrogens with two attached hydrogens (primary N) is 2. The lowest BCUT2D eigenvalue weighted by molar-refractivity contribution is -0.183. The van der Waals surface area contributed by atoms with Crippen molar-refractivity contribution in [2.24, 2.45) is 28.7 Å². The summed E-state index contributed by atoms with van der Waals surface area (Å²) < 4.78 is 5.86. The molecule has 0 aromatic rings. The van der Waals surface area contributed by atoms with Gasteiger partial charge in [0.15, 0.2) is 0 Å². The molecule has 4 nitrogen and oxygen atoms in total. The van der Waals surface area contributed by atoms with Gasteiger partial charge in [0, 0.05) is 12.0 Å². The van der Waals surface area contributed by atoms with Crippen molar-refractivity contribution < 1.29 is 9.53 Å². The van der Waals surface area contributed by atoms with Crippen LogP contribution in [0.5, 0.6) is 0 Å². The highest BCUT2D eigenvalue weighted by molar-refractivity contribution is 5.80. The first-order valence-corrected chi connectivity index (χ1v) is 8.32. The van der Waals surface area contributed by atoms with Crippen LogP contribution in [0.1, 0.15) is 66.2 Å². The summed E-state index contributed by atoms with van der Waals surface area (Å²) in [5.41, 5.74) is 9.94. The molecular formula is C17H32N2O2. The van der Waals surface area contributed by atoms with Crippen molar-refractivity contribution in [3.63, 3.8) is 0 Å². The minimum Gasteiger partial charge on any atom is -0.458 e. The van der Waals surface area contributed by atoms with Gasteiger partial charge in [0.2, 0.25) is 0 Å². The number of hydrogen-bond acceptors (Lipinski definition) is 4. The van der Waals surface area contributed by atoms with Crippen LogP contribution in [0.2, 0.25) is 0 Å². The van der Waals surface area contributed by atoms with Crippen LogP contribution in [-0.4, -0.2) is 23.7 Å². The quantitative estimate of drug-likeness (QED) is 0.782. The lowest BCUT2D eigenvalue weighted by Gasteiger charge is -2.52. The molecule has 4 heteroatoms. The minimum atomic E-state index is -1.10. The highest BCUT2D eigenvalue weighted by Crippen LogP contribution is 2.54. The molecule has 0 aliphatic heterocycles. The van der Waals surface area contributed by atoms with Crippen LogP contribution in [0.3, 0.4) is 0 Å². The van der Waals surface area contributed by atoms with Crippen molar-refractivity contribution in [2.45, 2.75) is 77.4 Å². The maximum absolute atomic E-state index is 12.3. The van der Waals surface area contributed by atoms with E-state index in [2.05, 4.69) is 6.92 Å². The maximum Gasteiger partial charge on any atom is 0.327 e. The van der Waals surface area contributed by atoms with E-state index in [-0.39, 0.29) is 17.9 Å². The third-order valence-corrected chi connectivity index (χ3v) is 6.06. The summed E-state index contributed by atoms with van der Waals surface area (Å²) in [5, 5.41) is 0. The van der Waals surface area contributed by atoms with Gasteiger partial charge in [-0.05, 0) is 51.9 Å². The molecule has 0 aromatic carbocycles. The molecule has 2 fully saturated rings. The van der Waals surface area contributed by atoms with Crippen LogP contribution < -0.4 is 11.5 Å². The van der Waals surface area contributed by atoms with Gasteiger partial charge in [0.25, 0.3) is 0 Å². The average molecular weight is 296 g/mol. The molecule has 3 unspecified atom stereocenters. The SMILES string of the molecule is CC(N)(CN)C(=O)OC(C)(C)C1(C)CC2CCCC(C2)C1. The van der Waals surface area contributed by atoms with E-state index in [0.29, 0.717) is 0 Å². The fourth-order valence-corrected chi connectivity index (χ4v) is 4.18. The van der Waals surface area contributed by atoms with Crippen molar-refractivity contribution in [1.29, 1.82) is 0 Å². The molecule has 3 atom stereocenters. The van der Waals surface area contributed by atoms with Gasteiger partial charge in [-0.1, -0.05) is 26.2 Å². The molecular weight excluding hydrogens is 264 g/mol. The van der Waals surface area contributed by atoms with Crippen molar-refractivity contribution in [3.8, 4) is 0 Å². The second-order valence-electron chi connectivity index (χ2n) is 8.39. The molecule has 0 heterocycles. The van der Waals surface area contributed by atoms with Crippen molar-refractivity contribution >= 4 is 5.97 Å². The van der Waals surface area contributed by atoms with E-state index < -0.39 is 11.1 Å². The van der Waals surface area contributed by atoms with Crippen molar-refractivity contribution in [2.75, 3.05) is 6.54 Å². The van der Waals surface area contributed by atoms with Crippen LogP contribution in [-0.2, 0) is 9.53 Å². The van der Waals surface area contributed by atoms with E-state index >= 15 is 0 Å². The fraction of sp³-hybridized carbons (Fsp3) is 0.941. The lowest BCUT2D eigenvalue weighted by atomic mass is 9.56. The van der Waals surface area contributed by atoms with Crippen molar-refractivity contribution in [3.05, 3.63) is 0 Å². The van der Waals surface area contributed by atoms with Gasteiger partial charge in [-0.3, -0.25) is 0 Å². The van der Waals surface area contributed by atoms with Crippen LogP contribution in [0, 0.1) is 17.3 Å². The lowest BCUT2D eigenvalue weighted by Crippen LogP contribution is -2.57. The second kappa shape index (κ2) is 5.54. The van der Waals surface area contributed by atoms with E-state index in [1.165, 1.54) is 25.7 Å². The van der Waals surface area contributed by atoms with Gasteiger partial charge < -0.3 is 16.2 Å². The molecule has 2 rings (SSSR count). The van der Waals surface area contributed by atoms with Gasteiger partial charge >= 0.3 is 5.97 Å². The number of hydrogen-bond donors (Lipinski definition) is 2. The summed E-state index contributed by atoms with van der Waals surface area (Å²) in [7, 11) is 0. The van der Waals surface area contributed by atoms with Crippen LogP contribution in [0.25, 0.3) is 0 Å². The predicted molar refractivity (Wildman–Crippen MR) is 84.6 cm³/mol. The Hall–Kier alpha value is -0.610. The zero-order valence-electron chi connectivity index (χ0n) is 14.1. The summed E-state index contributed by atoms with van der Waals surface area (Å²) >= 11 is 0. The summed E-state index contributed by atoms with van der Waals surface area (Å²) in [6.45, 7) is 8.10. The number of rotatable bonds is 4. The maximum atomic E-state index is 12.3. The van der Waals surface area contributed by atoms with Crippen LogP contribution >= 0.6 is 0 Å². The zero-order chi connectivity index (χ0) is 15.9. The molecule has 0 saturated heterocycles. The molecule has 2 aliphatic carbocycles. The Morgan fingerprint density at radius 2 is 1.76 bits per heavy atom. The summed E-state index contributed by atoms with van der Waals surface area (Å²) in [6.07, 6.45) is 7.67. The summed E-state index contributed by atoms with van der Waals surface area (Å²) in [5.74, 6) is 1.20. The molecule has 0 aromatic heterocycles. The number of fused-ring (bicyclic) bond motifs is 2. The van der Waals surface area contributed by atoms with Gasteiger partial charge in [0.05, 0.1) is 0 Å². The number of carbonyl (C=O) groups is 1. The van der Waals surface area contributed by atoms with E-state index in [1.807, 2.05) is 13.8 Å². The Morgan fingerprint density at radius 3 is 2.24 bits per heavy atom. The Labute approximate surface area is 129 Å². The summed E-state index contributed by atoms with van der Waals surface area (Å²) in [4.78, 5) is 12.3. The van der Waals surface area contributed by atoms with E-state index in [0.717, 1.165) is 24.7 Å². The molecule has 0 spiro atoms. The smallest absolute Gasteiger partial charge is 0.327 e. The van der Waals surface area contributed by atoms with E-state index in [9.17, 15) is 4.79 Å². The molecule has 21 heavy (non-hydrogen) atoms. The Kier molecular flexibility index (Phi) is 4.42. The molecule has 0 radical (unpaired) electrons. The predicted octanol–water partition coefficient (Wildman–Crippen LogP) is 2.59. The topological polar surface area (TPSA) is 78.3 Å². The number of ether oxygens (including phenoxy) is 1. The van der Waals surface area contributed by atoms with Gasteiger partial charge in [-0.25, -0.2) is 4.79 Å². The van der Waals surface area contributed by atoms with E-state index in [1.54, 1.807) is 6.92 Å². The average Bonchev–Trinajstić information content (AvgIpc) is 2.37. The Bertz CT molecular complexity index is 392. The highest BCUT2D eigenvalue weighted by Gasteiger charge is 2.51. The third kappa shape index (κ3) is 3.26. The monoisotopic (exact) mass is 296 g/mol. The number of esters is 1. The second-order valence-corrected chi connectivity index (χ2v) is 8.39. The number of carbonyl (C=O) groups excluding carboxylic acids is 1. The third-order valence-electron chi connectivity index (χ3n) is 6.06. The standard InChI is InChI=1S/C17H32N2O2/c1-15(2,21-14(20)17(4,19)11-18)16(3)9-12-6-5-7-13(8-12)10-16/h12-13H,5-11,18-19H2,1-4H3. The molecule has 2 saturated carbocycles. The molecule has 2 aliphatic rings. The molecule has 122 valence electrons. The first-order chi connectivity index (χ1) is 9.60. The highest BCUT2D eigenvalue weighted by atomic mass is 16.6. The first-order valence-electron chi connectivity index (χ1n) is 8.32. The van der Waals surface area contributed by atoms with Crippen LogP contribution in [0.15, 0.2) is 0 Å². The fourth-order valence-electron chi connectivity index (χ4n) is 4.18. The minimum absolute atomic E-state index is 0.0291. The first kappa shape index (κ1) is 16.8. The normalized spacial score (nSPS) is 35.9. The van der Waals surface area contributed by atoms with E-state index in [4.69, 9.17) is 16.2 Å². The Morgan fingerprint density at radius 1 is 1.24 bits per heavy atom. The summed E-state index contributed by atoms with van der Waals surface area (Å²) in [6, 6.07) is 0. The van der Waals surface area contributed by atoms with Gasteiger partial charge in [-0.2, -0.15) is 0 Å². The van der Waals surface area contributed by atoms with Crippen LogP contribution in [0.4, 0.5) is 0 Å².